The highest BCUT2D eigenvalue weighted by atomic mass is 128. The van der Waals surface area contributed by atoms with Gasteiger partial charge in [-0.25, -0.2) is 4.67 Å². The first kappa shape index (κ1) is 64.7. The predicted octanol–water partition coefficient (Wildman–Crippen LogP) is 19.5. The average molecular weight is 1470 g/mol. The lowest BCUT2D eigenvalue weighted by atomic mass is 9.75. The fourth-order valence-electron chi connectivity index (χ4n) is 9.88. The number of anilines is 1. The number of allylic oxidation sites excluding steroid dienone is 1. The zero-order valence-electron chi connectivity index (χ0n) is 47.4. The van der Waals surface area contributed by atoms with Crippen molar-refractivity contribution in [2.24, 2.45) is 15.0 Å². The fraction of sp³-hybridized carbons (Fsp3) is 0.379. The van der Waals surface area contributed by atoms with Crippen LogP contribution in [0, 0.1) is 0 Å². The van der Waals surface area contributed by atoms with Crippen LogP contribution in [-0.4, -0.2) is 18.6 Å². The number of rotatable bonds is 20. The van der Waals surface area contributed by atoms with E-state index in [4.69, 9.17) is 15.0 Å². The molecule has 1 unspecified atom stereocenters. The van der Waals surface area contributed by atoms with E-state index in [0.717, 1.165) is 39.3 Å². The topological polar surface area (TPSA) is 40.3 Å². The third-order valence-electron chi connectivity index (χ3n) is 14.1. The minimum Gasteiger partial charge on any atom is -1.00 e. The van der Waals surface area contributed by atoms with Crippen LogP contribution in [0.2, 0.25) is 0 Å². The van der Waals surface area contributed by atoms with E-state index in [0.29, 0.717) is 47.3 Å². The fourth-order valence-corrected chi connectivity index (χ4v) is 11.8. The predicted molar refractivity (Wildman–Crippen MR) is 359 cm³/mol. The normalized spacial score (nSPS) is 13.3. The molecule has 0 amide bonds. The van der Waals surface area contributed by atoms with Gasteiger partial charge in [-0.15, -0.1) is 0 Å². The molecule has 6 rings (SSSR count). The first-order chi connectivity index (χ1) is 35.3. The second-order valence-electron chi connectivity index (χ2n) is 22.1. The maximum absolute atomic E-state index is 5.64. The summed E-state index contributed by atoms with van der Waals surface area (Å²) in [5.74, 6) is 2.57. The van der Waals surface area contributed by atoms with E-state index in [2.05, 4.69) is 327 Å². The van der Waals surface area contributed by atoms with E-state index in [1.165, 1.54) is 50.2 Å². The van der Waals surface area contributed by atoms with Crippen molar-refractivity contribution in [1.82, 2.24) is 0 Å². The van der Waals surface area contributed by atoms with Crippen LogP contribution < -0.4 is 28.6 Å². The van der Waals surface area contributed by atoms with Gasteiger partial charge in [-0.1, -0.05) is 238 Å². The third-order valence-corrected chi connectivity index (χ3v) is 16.5. The summed E-state index contributed by atoms with van der Waals surface area (Å²) in [6, 6.07) is 47.0. The third kappa shape index (κ3) is 16.0. The Balaban J connectivity index is 0.00000401. The van der Waals surface area contributed by atoms with Crippen LogP contribution in [0.1, 0.15) is 219 Å². The lowest BCUT2D eigenvalue weighted by Crippen LogP contribution is -3.00. The van der Waals surface area contributed by atoms with Crippen LogP contribution in [0.3, 0.4) is 0 Å². The Morgan fingerprint density at radius 2 is 0.720 bits per heavy atom. The quantitative estimate of drug-likeness (QED) is 0.0427. The van der Waals surface area contributed by atoms with Crippen LogP contribution >= 0.6 is 65.6 Å². The minimum absolute atomic E-state index is 0. The van der Waals surface area contributed by atoms with E-state index in [1.54, 1.807) is 0 Å². The molecule has 4 nitrogen and oxygen atoms in total. The molecule has 6 aromatic rings. The second-order valence-corrected chi connectivity index (χ2v) is 24.5. The van der Waals surface area contributed by atoms with Gasteiger partial charge in [-0.3, -0.25) is 15.0 Å². The van der Waals surface area contributed by atoms with E-state index < -0.39 is 5.41 Å². The number of para-hydroxylation sites is 4. The lowest BCUT2D eigenvalue weighted by molar-refractivity contribution is -0.0000154. The van der Waals surface area contributed by atoms with E-state index in [9.17, 15) is 0 Å². The van der Waals surface area contributed by atoms with E-state index >= 15 is 0 Å². The van der Waals surface area contributed by atoms with E-state index in [1.807, 2.05) is 0 Å². The maximum Gasteiger partial charge on any atom is 0.177 e. The molecule has 0 spiro atoms. The van der Waals surface area contributed by atoms with Gasteiger partial charge in [0.05, 0.1) is 34.4 Å². The Morgan fingerprint density at radius 3 is 1.04 bits per heavy atom. The van der Waals surface area contributed by atoms with Gasteiger partial charge in [0.1, 0.15) is 6.37 Å². The SMILES string of the molecule is CC(C)c1cccc(C(C)C)c1N=C/C(=C/N([PH2+]I)c1c(C(C)C)cccc1C(C)C)c1ccc(C(C=Nc2c(C(C)C)cccc2C(C)C)(C=Nc2c(C(C)C)cccc2C(C)C)c2ccccc2)cc1.II.[I-]. The Hall–Kier alpha value is -2.78. The molecule has 0 aromatic heterocycles. The van der Waals surface area contributed by atoms with Gasteiger partial charge in [0, 0.05) is 61.4 Å². The minimum atomic E-state index is -0.850. The van der Waals surface area contributed by atoms with E-state index in [-0.39, 0.29) is 30.4 Å². The van der Waals surface area contributed by atoms with Gasteiger partial charge in [0.15, 0.2) is 22.0 Å². The maximum atomic E-state index is 5.64. The first-order valence-electron chi connectivity index (χ1n) is 26.7. The van der Waals surface area contributed by atoms with Crippen molar-refractivity contribution in [3.63, 3.8) is 0 Å². The molecule has 400 valence electrons. The molecule has 0 heterocycles. The summed E-state index contributed by atoms with van der Waals surface area (Å²) in [7, 11) is 0. The van der Waals surface area contributed by atoms with Gasteiger partial charge in [-0.2, -0.15) is 0 Å². The molecule has 0 aliphatic heterocycles. The molecule has 9 heteroatoms. The molecular formula is C66H83I4N4P. The van der Waals surface area contributed by atoms with Gasteiger partial charge in [0.2, 0.25) is 0 Å². The van der Waals surface area contributed by atoms with Crippen molar-refractivity contribution in [3.05, 3.63) is 195 Å². The monoisotopic (exact) mass is 1470 g/mol. The summed E-state index contributed by atoms with van der Waals surface area (Å²) in [4.78, 5) is 16.8. The Morgan fingerprint density at radius 1 is 0.413 bits per heavy atom. The molecular weight excluding hydrogens is 1390 g/mol. The van der Waals surface area contributed by atoms with Crippen LogP contribution in [0.4, 0.5) is 22.7 Å². The molecule has 0 aliphatic carbocycles. The molecule has 0 fully saturated rings. The molecule has 0 radical (unpaired) electrons. The summed E-state index contributed by atoms with van der Waals surface area (Å²) in [5, 5.41) is 0. The van der Waals surface area contributed by atoms with Crippen molar-refractivity contribution in [2.75, 3.05) is 4.67 Å². The van der Waals surface area contributed by atoms with Gasteiger partial charge in [-0.05, 0) is 109 Å². The summed E-state index contributed by atoms with van der Waals surface area (Å²) in [6.45, 7) is 36.5. The zero-order valence-corrected chi connectivity index (χ0v) is 57.2. The number of aliphatic imine (C=N–C) groups is 3. The molecule has 0 saturated heterocycles. The highest BCUT2D eigenvalue weighted by molar-refractivity contribution is 15.0. The number of nitrogens with zero attached hydrogens (tertiary/aromatic N) is 4. The average Bonchev–Trinajstić information content (AvgIpc) is 3.39. The van der Waals surface area contributed by atoms with Crippen molar-refractivity contribution in [1.29, 1.82) is 0 Å². The largest absolute Gasteiger partial charge is 1.00 e. The van der Waals surface area contributed by atoms with Crippen molar-refractivity contribution < 1.29 is 24.0 Å². The molecule has 1 atom stereocenters. The lowest BCUT2D eigenvalue weighted by Gasteiger charge is -2.29. The van der Waals surface area contributed by atoms with Gasteiger partial charge in [0.25, 0.3) is 0 Å². The first-order valence-corrected chi connectivity index (χ1v) is 37.7. The summed E-state index contributed by atoms with van der Waals surface area (Å²) >= 11 is 6.86. The zero-order chi connectivity index (χ0) is 54.4. The molecule has 75 heavy (non-hydrogen) atoms. The molecule has 6 aromatic carbocycles. The molecule has 0 aliphatic rings. The Kier molecular flexibility index (Phi) is 26.4. The van der Waals surface area contributed by atoms with Crippen LogP contribution in [0.25, 0.3) is 5.57 Å². The highest BCUT2D eigenvalue weighted by Crippen LogP contribution is 2.45. The number of benzene rings is 6. The smallest absolute Gasteiger partial charge is 0.177 e. The Bertz CT molecular complexity index is 2700. The standard InChI is InChI=1S/C66H82IN4P.I2.HI/c1-42(2)54-26-20-27-55(43(3)4)62(54)68-38-51(39-71(72-67)65-60(48(13)14)32-23-33-61(65)49(15)16)50-34-36-53(37-35-50)66(52-24-18-17-19-25-52,40-69-63-56(44(5)6)28-21-29-57(63)45(7)8)41-70-64-58(46(9)10)30-22-31-59(64)47(11)12;1-2;/h17-49,72H,1-16H3;;1H/b51-39-,68-38?,69-40?,70-41?;;. The Labute approximate surface area is 509 Å². The van der Waals surface area contributed by atoms with Crippen LogP contribution in [-0.2, 0) is 5.41 Å². The summed E-state index contributed by atoms with van der Waals surface area (Å²) in [6.07, 6.45) is 8.72. The van der Waals surface area contributed by atoms with Gasteiger partial charge < -0.3 is 24.0 Å². The van der Waals surface area contributed by atoms with Crippen molar-refractivity contribution in [3.8, 4) is 0 Å². The number of hydrogen-bond acceptors (Lipinski definition) is 4. The van der Waals surface area contributed by atoms with Crippen LogP contribution in [0.5, 0.6) is 0 Å². The highest BCUT2D eigenvalue weighted by Gasteiger charge is 2.33. The molecule has 0 N–H and O–H groups in total. The molecule has 0 saturated carbocycles. The van der Waals surface area contributed by atoms with Gasteiger partial charge >= 0.3 is 0 Å². The number of halogens is 4. The molecule has 0 bridgehead atoms. The van der Waals surface area contributed by atoms with Crippen LogP contribution in [0.15, 0.2) is 149 Å². The second kappa shape index (κ2) is 30.5. The van der Waals surface area contributed by atoms with Crippen molar-refractivity contribution >= 4 is 113 Å². The summed E-state index contributed by atoms with van der Waals surface area (Å²) in [5.41, 5.74) is 18.2. The summed E-state index contributed by atoms with van der Waals surface area (Å²) < 4.78 is 2.53. The van der Waals surface area contributed by atoms with Crippen molar-refractivity contribution in [2.45, 2.75) is 164 Å². The number of hydrogen-bond donors (Lipinski definition) is 0.